The molecule has 0 aliphatic carbocycles. The molecule has 0 heterocycles. The number of nitrogens with one attached hydrogen (secondary N) is 1. The third-order valence-corrected chi connectivity index (χ3v) is 5.07. The molecule has 24 heavy (non-hydrogen) atoms. The quantitative estimate of drug-likeness (QED) is 0.801. The molecule has 0 saturated carbocycles. The van der Waals surface area contributed by atoms with Crippen molar-refractivity contribution in [2.75, 3.05) is 5.32 Å². The second-order valence-electron chi connectivity index (χ2n) is 5.52. The van der Waals surface area contributed by atoms with E-state index in [0.717, 1.165) is 17.7 Å². The van der Waals surface area contributed by atoms with E-state index >= 15 is 0 Å². The van der Waals surface area contributed by atoms with Crippen molar-refractivity contribution >= 4 is 15.5 Å². The second kappa shape index (κ2) is 7.72. The van der Waals surface area contributed by atoms with E-state index in [0.29, 0.717) is 12.1 Å². The fourth-order valence-corrected chi connectivity index (χ4v) is 2.96. The van der Waals surface area contributed by atoms with Gasteiger partial charge in [-0.15, -0.1) is 0 Å². The fourth-order valence-electron chi connectivity index (χ4n) is 2.24. The molecule has 2 unspecified atom stereocenters. The molecule has 0 saturated heterocycles. The summed E-state index contributed by atoms with van der Waals surface area (Å²) in [6, 6.07) is 14.3. The van der Waals surface area contributed by atoms with Crippen LogP contribution in [0.4, 0.5) is 14.5 Å². The normalized spacial score (nSPS) is 14.4. The number of hydrogen-bond donors (Lipinski definition) is 2. The van der Waals surface area contributed by atoms with E-state index in [4.69, 9.17) is 0 Å². The Bertz CT molecular complexity index is 749. The Morgan fingerprint density at radius 1 is 1.04 bits per heavy atom. The number of hydrogen-bond acceptors (Lipinski definition) is 4. The number of rotatable bonds is 7. The smallest absolute Gasteiger partial charge is 0.341 e. The summed E-state index contributed by atoms with van der Waals surface area (Å²) in [7, 11) is -4.59. The molecular weight excluding hydrogens is 336 g/mol. The van der Waals surface area contributed by atoms with Crippen molar-refractivity contribution in [2.24, 2.45) is 0 Å². The summed E-state index contributed by atoms with van der Waals surface area (Å²) in [4.78, 5) is -0.430. The predicted molar refractivity (Wildman–Crippen MR) is 88.9 cm³/mol. The maximum Gasteiger partial charge on any atom is 0.341 e. The van der Waals surface area contributed by atoms with Gasteiger partial charge in [0.1, 0.15) is 0 Å². The summed E-state index contributed by atoms with van der Waals surface area (Å²) in [6.07, 6.45) is -0.191. The summed E-state index contributed by atoms with van der Waals surface area (Å²) in [5.74, 6) is -3.44. The monoisotopic (exact) mass is 355 g/mol. The summed E-state index contributed by atoms with van der Waals surface area (Å²) in [5.41, 5.74) is 1.54. The number of alkyl halides is 2. The van der Waals surface area contributed by atoms with E-state index < -0.39 is 26.6 Å². The Morgan fingerprint density at radius 2 is 1.62 bits per heavy atom. The van der Waals surface area contributed by atoms with Crippen LogP contribution < -0.4 is 5.32 Å². The average Bonchev–Trinajstić information content (AvgIpc) is 2.56. The van der Waals surface area contributed by atoms with E-state index in [1.165, 1.54) is 12.1 Å². The van der Waals surface area contributed by atoms with E-state index in [1.54, 1.807) is 6.92 Å². The van der Waals surface area contributed by atoms with Gasteiger partial charge in [-0.05, 0) is 36.8 Å². The molecule has 0 spiro atoms. The lowest BCUT2D eigenvalue weighted by Gasteiger charge is -2.21. The Balaban J connectivity index is 2.00. The SMILES string of the molecule is CC(Nc1ccc(S(=O)(=O)C(F)F)cc1)C(O)Cc1ccccc1. The van der Waals surface area contributed by atoms with E-state index in [1.807, 2.05) is 30.3 Å². The van der Waals surface area contributed by atoms with Gasteiger partial charge >= 0.3 is 5.76 Å². The first-order valence-corrected chi connectivity index (χ1v) is 8.96. The Morgan fingerprint density at radius 3 is 2.17 bits per heavy atom. The van der Waals surface area contributed by atoms with Crippen LogP contribution in [-0.4, -0.2) is 31.4 Å². The van der Waals surface area contributed by atoms with Crippen molar-refractivity contribution in [1.29, 1.82) is 0 Å². The second-order valence-corrected chi connectivity index (χ2v) is 7.44. The minimum atomic E-state index is -4.59. The van der Waals surface area contributed by atoms with Crippen molar-refractivity contribution in [3.8, 4) is 0 Å². The van der Waals surface area contributed by atoms with Crippen LogP contribution in [-0.2, 0) is 16.3 Å². The molecule has 2 atom stereocenters. The van der Waals surface area contributed by atoms with Gasteiger partial charge in [0, 0.05) is 18.2 Å². The number of aliphatic hydroxyl groups excluding tert-OH is 1. The number of sulfone groups is 1. The van der Waals surface area contributed by atoms with Gasteiger partial charge in [-0.3, -0.25) is 0 Å². The lowest BCUT2D eigenvalue weighted by Crippen LogP contribution is -2.32. The average molecular weight is 355 g/mol. The molecule has 0 fully saturated rings. The highest BCUT2D eigenvalue weighted by atomic mass is 32.2. The lowest BCUT2D eigenvalue weighted by atomic mass is 10.0. The number of halogens is 2. The zero-order valence-corrected chi connectivity index (χ0v) is 13.9. The van der Waals surface area contributed by atoms with Gasteiger partial charge < -0.3 is 10.4 Å². The minimum Gasteiger partial charge on any atom is -0.391 e. The van der Waals surface area contributed by atoms with E-state index in [-0.39, 0.29) is 6.04 Å². The molecule has 0 aliphatic heterocycles. The summed E-state index contributed by atoms with van der Waals surface area (Å²) in [5, 5.41) is 13.3. The summed E-state index contributed by atoms with van der Waals surface area (Å²) >= 11 is 0. The van der Waals surface area contributed by atoms with Crippen LogP contribution in [0.25, 0.3) is 0 Å². The largest absolute Gasteiger partial charge is 0.391 e. The van der Waals surface area contributed by atoms with Crippen molar-refractivity contribution in [3.05, 3.63) is 60.2 Å². The maximum atomic E-state index is 12.5. The molecule has 0 aliphatic rings. The van der Waals surface area contributed by atoms with Crippen LogP contribution in [0.15, 0.2) is 59.5 Å². The predicted octanol–water partition coefficient (Wildman–Crippen LogP) is 3.09. The lowest BCUT2D eigenvalue weighted by molar-refractivity contribution is 0.158. The zero-order valence-electron chi connectivity index (χ0n) is 13.1. The molecule has 2 aromatic rings. The Kier molecular flexibility index (Phi) is 5.90. The third kappa shape index (κ3) is 4.52. The molecule has 130 valence electrons. The Labute approximate surface area is 140 Å². The highest BCUT2D eigenvalue weighted by Crippen LogP contribution is 2.21. The number of anilines is 1. The van der Waals surface area contributed by atoms with Gasteiger partial charge in [0.25, 0.3) is 0 Å². The zero-order chi connectivity index (χ0) is 17.7. The van der Waals surface area contributed by atoms with E-state index in [2.05, 4.69) is 5.32 Å². The van der Waals surface area contributed by atoms with Gasteiger partial charge in [0.05, 0.1) is 11.0 Å². The molecule has 0 aromatic heterocycles. The van der Waals surface area contributed by atoms with Crippen LogP contribution in [0.1, 0.15) is 12.5 Å². The van der Waals surface area contributed by atoms with Crippen molar-refractivity contribution < 1.29 is 22.3 Å². The molecule has 7 heteroatoms. The van der Waals surface area contributed by atoms with Crippen LogP contribution in [0, 0.1) is 0 Å². The van der Waals surface area contributed by atoms with Gasteiger partial charge in [-0.2, -0.15) is 8.78 Å². The van der Waals surface area contributed by atoms with Crippen LogP contribution >= 0.6 is 0 Å². The van der Waals surface area contributed by atoms with Crippen LogP contribution in [0.2, 0.25) is 0 Å². The maximum absolute atomic E-state index is 12.5. The molecule has 2 N–H and O–H groups in total. The highest BCUT2D eigenvalue weighted by Gasteiger charge is 2.26. The Hall–Kier alpha value is -1.99. The van der Waals surface area contributed by atoms with Gasteiger partial charge in [-0.1, -0.05) is 30.3 Å². The molecule has 2 aromatic carbocycles. The first-order valence-electron chi connectivity index (χ1n) is 7.41. The standard InChI is InChI=1S/C17H19F2NO3S/c1-12(16(21)11-13-5-3-2-4-6-13)20-14-7-9-15(10-8-14)24(22,23)17(18)19/h2-10,12,16-17,20-21H,11H2,1H3. The molecule has 4 nitrogen and oxygen atoms in total. The van der Waals surface area contributed by atoms with Gasteiger partial charge in [0.15, 0.2) is 0 Å². The van der Waals surface area contributed by atoms with Gasteiger partial charge in [-0.25, -0.2) is 8.42 Å². The molecule has 2 rings (SSSR count). The topological polar surface area (TPSA) is 66.4 Å². The van der Waals surface area contributed by atoms with Crippen molar-refractivity contribution in [3.63, 3.8) is 0 Å². The number of benzene rings is 2. The number of aliphatic hydroxyl groups is 1. The van der Waals surface area contributed by atoms with Crippen molar-refractivity contribution in [2.45, 2.75) is 36.1 Å². The van der Waals surface area contributed by atoms with Gasteiger partial charge in [0.2, 0.25) is 9.84 Å². The van der Waals surface area contributed by atoms with Crippen molar-refractivity contribution in [1.82, 2.24) is 0 Å². The molecular formula is C17H19F2NO3S. The molecule has 0 bridgehead atoms. The first-order chi connectivity index (χ1) is 11.3. The highest BCUT2D eigenvalue weighted by molar-refractivity contribution is 7.91. The van der Waals surface area contributed by atoms with E-state index in [9.17, 15) is 22.3 Å². The summed E-state index contributed by atoms with van der Waals surface area (Å²) < 4.78 is 47.7. The molecule has 0 amide bonds. The first kappa shape index (κ1) is 18.4. The fraction of sp³-hybridized carbons (Fsp3) is 0.294. The van der Waals surface area contributed by atoms with Crippen LogP contribution in [0.3, 0.4) is 0 Å². The third-order valence-electron chi connectivity index (χ3n) is 3.68. The van der Waals surface area contributed by atoms with Crippen LogP contribution in [0.5, 0.6) is 0 Å². The molecule has 0 radical (unpaired) electrons. The summed E-state index contributed by atoms with van der Waals surface area (Å²) in [6.45, 7) is 1.79. The minimum absolute atomic E-state index is 0.303.